The minimum Gasteiger partial charge on any atom is -0.456 e. The fourth-order valence-electron chi connectivity index (χ4n) is 10.0. The van der Waals surface area contributed by atoms with Gasteiger partial charge in [0.25, 0.3) is 0 Å². The standard InChI is InChI=1S/C43H53NO13/c1-21(2)15-28(44-31(47)16-22(3)4)33(48)39(51)55-29-19-43(52)37(56-38(50)26-13-11-10-12-14-26)35-41(18-27(41)17-30-42(35,20-53-30)57-25(7)46)36(49)34(54-24(6)45)32(23(29)5)40(43,8)9/h10-16,27-30,33-35,37,48,52H,17-20H2,1-9H3,(H,44,47)/t27-,28+,29+,30-,33-,34-,35+,37+,41-,42+,43-/m1/s1. The Morgan fingerprint density at radius 1 is 0.930 bits per heavy atom. The van der Waals surface area contributed by atoms with Gasteiger partial charge in [-0.25, -0.2) is 9.59 Å². The second kappa shape index (κ2) is 14.9. The number of ether oxygens (including phenoxy) is 5. The van der Waals surface area contributed by atoms with Crippen molar-refractivity contribution in [3.05, 3.63) is 70.3 Å². The smallest absolute Gasteiger partial charge is 0.338 e. The lowest BCUT2D eigenvalue weighted by atomic mass is 9.48. The number of amides is 1. The van der Waals surface area contributed by atoms with Gasteiger partial charge in [0.1, 0.15) is 23.9 Å². The third-order valence-electron chi connectivity index (χ3n) is 12.6. The summed E-state index contributed by atoms with van der Waals surface area (Å²) in [6.07, 6.45) is -4.18. The highest BCUT2D eigenvalue weighted by Gasteiger charge is 2.84. The lowest BCUT2D eigenvalue weighted by molar-refractivity contribution is -0.323. The largest absolute Gasteiger partial charge is 0.456 e. The van der Waals surface area contributed by atoms with Gasteiger partial charge in [-0.1, -0.05) is 49.3 Å². The Bertz CT molecular complexity index is 1960. The number of allylic oxidation sites excluding steroid dienone is 2. The summed E-state index contributed by atoms with van der Waals surface area (Å²) in [5.41, 5.74) is -4.71. The van der Waals surface area contributed by atoms with Gasteiger partial charge in [0.05, 0.1) is 24.1 Å². The molecule has 0 aromatic heterocycles. The second-order valence-corrected chi connectivity index (χ2v) is 17.3. The van der Waals surface area contributed by atoms with E-state index in [1.807, 2.05) is 0 Å². The van der Waals surface area contributed by atoms with E-state index in [-0.39, 0.29) is 35.7 Å². The number of fused-ring (bicyclic) bond motifs is 4. The second-order valence-electron chi connectivity index (χ2n) is 17.3. The molecule has 6 rings (SSSR count). The van der Waals surface area contributed by atoms with Crippen molar-refractivity contribution in [3.8, 4) is 0 Å². The number of benzene rings is 1. The van der Waals surface area contributed by atoms with Crippen LogP contribution in [0.2, 0.25) is 0 Å². The molecule has 1 amide bonds. The predicted molar refractivity (Wildman–Crippen MR) is 202 cm³/mol. The summed E-state index contributed by atoms with van der Waals surface area (Å²) in [4.78, 5) is 82.0. The first-order valence-corrected chi connectivity index (χ1v) is 19.3. The zero-order valence-electron chi connectivity index (χ0n) is 33.9. The number of carbonyl (C=O) groups excluding carboxylic acids is 6. The minimum atomic E-state index is -2.21. The van der Waals surface area contributed by atoms with Gasteiger partial charge in [-0.15, -0.1) is 0 Å². The number of carbonyl (C=O) groups is 6. The average Bonchev–Trinajstić information content (AvgIpc) is 3.84. The van der Waals surface area contributed by atoms with Crippen LogP contribution in [0.15, 0.2) is 64.8 Å². The number of nitrogens with one attached hydrogen (secondary N) is 1. The maximum Gasteiger partial charge on any atom is 0.338 e. The van der Waals surface area contributed by atoms with E-state index in [1.165, 1.54) is 31.2 Å². The molecule has 1 aromatic carbocycles. The molecule has 14 heteroatoms. The van der Waals surface area contributed by atoms with Crippen LogP contribution in [0, 0.1) is 22.7 Å². The summed E-state index contributed by atoms with van der Waals surface area (Å²) in [7, 11) is 0. The summed E-state index contributed by atoms with van der Waals surface area (Å²) in [6, 6.07) is 6.88. The highest BCUT2D eigenvalue weighted by atomic mass is 16.6. The molecule has 308 valence electrons. The third kappa shape index (κ3) is 7.03. The molecular weight excluding hydrogens is 738 g/mol. The first-order valence-electron chi connectivity index (χ1n) is 19.3. The van der Waals surface area contributed by atoms with E-state index < -0.39 is 107 Å². The third-order valence-corrected chi connectivity index (χ3v) is 12.6. The highest BCUT2D eigenvalue weighted by molar-refractivity contribution is 5.98. The Hall–Kier alpha value is -4.66. The van der Waals surface area contributed by atoms with E-state index in [9.17, 15) is 34.2 Å². The van der Waals surface area contributed by atoms with Crippen LogP contribution >= 0.6 is 0 Å². The van der Waals surface area contributed by atoms with Crippen LogP contribution in [-0.2, 0) is 47.7 Å². The molecular formula is C43H53NO13. The number of hydrogen-bond acceptors (Lipinski definition) is 13. The number of ketones is 1. The zero-order valence-corrected chi connectivity index (χ0v) is 33.9. The molecule has 11 atom stereocenters. The maximum absolute atomic E-state index is 15.4. The van der Waals surface area contributed by atoms with Crippen LogP contribution in [0.25, 0.3) is 0 Å². The molecule has 1 saturated heterocycles. The fourth-order valence-corrected chi connectivity index (χ4v) is 10.0. The van der Waals surface area contributed by atoms with Gasteiger partial charge in [0, 0.05) is 37.2 Å². The molecule has 5 aliphatic rings. The Kier molecular flexibility index (Phi) is 11.0. The van der Waals surface area contributed by atoms with Crippen LogP contribution in [0.1, 0.15) is 91.9 Å². The summed E-state index contributed by atoms with van der Waals surface area (Å²) < 4.78 is 30.5. The predicted octanol–water partition coefficient (Wildman–Crippen LogP) is 3.62. The number of rotatable bonds is 10. The van der Waals surface area contributed by atoms with Gasteiger partial charge in [-0.2, -0.15) is 0 Å². The molecule has 3 saturated carbocycles. The van der Waals surface area contributed by atoms with Crippen molar-refractivity contribution in [1.29, 1.82) is 0 Å². The molecule has 1 spiro atoms. The van der Waals surface area contributed by atoms with Crippen LogP contribution in [0.3, 0.4) is 0 Å². The van der Waals surface area contributed by atoms with Crippen LogP contribution in [0.4, 0.5) is 0 Å². The molecule has 57 heavy (non-hydrogen) atoms. The monoisotopic (exact) mass is 791 g/mol. The van der Waals surface area contributed by atoms with E-state index in [0.29, 0.717) is 17.6 Å². The average molecular weight is 792 g/mol. The van der Waals surface area contributed by atoms with E-state index in [2.05, 4.69) is 5.32 Å². The van der Waals surface area contributed by atoms with Gasteiger partial charge in [0.15, 0.2) is 23.6 Å². The Morgan fingerprint density at radius 3 is 2.16 bits per heavy atom. The first kappa shape index (κ1) is 42.0. The summed E-state index contributed by atoms with van der Waals surface area (Å²) >= 11 is 0. The minimum absolute atomic E-state index is 0.147. The van der Waals surface area contributed by atoms with Crippen LogP contribution in [0.5, 0.6) is 0 Å². The molecule has 1 heterocycles. The van der Waals surface area contributed by atoms with Gasteiger partial charge in [-0.05, 0) is 76.7 Å². The lowest BCUT2D eigenvalue weighted by Gasteiger charge is -2.64. The lowest BCUT2D eigenvalue weighted by Crippen LogP contribution is -2.78. The van der Waals surface area contributed by atoms with Crippen molar-refractivity contribution in [1.82, 2.24) is 5.32 Å². The highest BCUT2D eigenvalue weighted by Crippen LogP contribution is 2.74. The molecule has 1 aromatic rings. The number of aliphatic hydroxyl groups excluding tert-OH is 1. The van der Waals surface area contributed by atoms with E-state index in [0.717, 1.165) is 6.92 Å². The topological polar surface area (TPSA) is 201 Å². The van der Waals surface area contributed by atoms with E-state index in [1.54, 1.807) is 66.7 Å². The zero-order chi connectivity index (χ0) is 42.0. The Labute approximate surface area is 332 Å². The number of esters is 4. The quantitative estimate of drug-likeness (QED) is 0.134. The van der Waals surface area contributed by atoms with Crippen molar-refractivity contribution in [3.63, 3.8) is 0 Å². The molecule has 0 radical (unpaired) electrons. The summed E-state index contributed by atoms with van der Waals surface area (Å²) in [6.45, 7) is 14.0. The van der Waals surface area contributed by atoms with Crippen molar-refractivity contribution in [2.45, 2.75) is 129 Å². The van der Waals surface area contributed by atoms with Crippen molar-refractivity contribution < 1.29 is 62.7 Å². The normalized spacial score (nSPS) is 34.1. The van der Waals surface area contributed by atoms with Crippen LogP contribution in [-0.4, -0.2) is 100 Å². The fraction of sp³-hybridized carbons (Fsp3) is 0.581. The van der Waals surface area contributed by atoms with Gasteiger partial charge in [-0.3, -0.25) is 19.2 Å². The molecule has 2 bridgehead atoms. The first-order chi connectivity index (χ1) is 26.6. The van der Waals surface area contributed by atoms with Crippen molar-refractivity contribution >= 4 is 35.6 Å². The number of hydrogen-bond donors (Lipinski definition) is 3. The summed E-state index contributed by atoms with van der Waals surface area (Å²) in [5.74, 6) is -6.07. The maximum atomic E-state index is 15.4. The molecule has 0 unspecified atom stereocenters. The SMILES string of the molecule is CC(=O)O[C@H]1C(=O)[C@]23C[C@H]2C[C@H]2OC[C@@]2(OC(C)=O)[C@H]3[C@H](OC(=O)c2ccccc2)[C@]2(O)C[C@H](OC(=O)[C@H](O)[C@H](C=C(C)C)NC(=O)C=C(C)C)C(C)=C1C2(C)C. The van der Waals surface area contributed by atoms with E-state index in [4.69, 9.17) is 23.7 Å². The Morgan fingerprint density at radius 2 is 1.60 bits per heavy atom. The summed E-state index contributed by atoms with van der Waals surface area (Å²) in [5, 5.41) is 27.6. The number of Topliss-reactive ketones (excluding diaryl/α,β-unsaturated/α-hetero) is 1. The van der Waals surface area contributed by atoms with E-state index >= 15 is 4.79 Å². The van der Waals surface area contributed by atoms with Crippen LogP contribution < -0.4 is 5.32 Å². The number of aliphatic hydroxyl groups is 2. The van der Waals surface area contributed by atoms with Gasteiger partial charge < -0.3 is 39.2 Å². The van der Waals surface area contributed by atoms with Crippen molar-refractivity contribution in [2.24, 2.45) is 22.7 Å². The molecule has 4 fully saturated rings. The molecule has 3 N–H and O–H groups in total. The molecule has 1 aliphatic heterocycles. The molecule has 4 aliphatic carbocycles. The molecule has 14 nitrogen and oxygen atoms in total. The Balaban J connectivity index is 1.53. The van der Waals surface area contributed by atoms with Gasteiger partial charge in [0.2, 0.25) is 5.91 Å². The van der Waals surface area contributed by atoms with Crippen molar-refractivity contribution in [2.75, 3.05) is 6.61 Å². The van der Waals surface area contributed by atoms with Gasteiger partial charge >= 0.3 is 23.9 Å².